The van der Waals surface area contributed by atoms with Crippen molar-refractivity contribution in [3.63, 3.8) is 0 Å². The molecule has 6 heteroatoms. The Hall–Kier alpha value is -1.56. The third kappa shape index (κ3) is 5.91. The van der Waals surface area contributed by atoms with Gasteiger partial charge in [-0.25, -0.2) is 9.78 Å². The second-order valence-electron chi connectivity index (χ2n) is 4.39. The van der Waals surface area contributed by atoms with Gasteiger partial charge in [-0.15, -0.1) is 0 Å². The minimum absolute atomic E-state index is 0.409. The molecule has 94 valence electrons. The van der Waals surface area contributed by atoms with Crippen LogP contribution in [0.4, 0.5) is 9.93 Å². The van der Waals surface area contributed by atoms with Crippen molar-refractivity contribution in [3.05, 3.63) is 17.2 Å². The van der Waals surface area contributed by atoms with Gasteiger partial charge in [-0.1, -0.05) is 17.4 Å². The van der Waals surface area contributed by atoms with Crippen molar-refractivity contribution in [2.75, 3.05) is 12.3 Å². The normalized spacial score (nSPS) is 11.7. The number of ether oxygens (including phenoxy) is 1. The third-order valence-electron chi connectivity index (χ3n) is 1.59. The van der Waals surface area contributed by atoms with Gasteiger partial charge < -0.3 is 15.8 Å². The molecule has 1 heterocycles. The van der Waals surface area contributed by atoms with Crippen molar-refractivity contribution >= 4 is 28.6 Å². The van der Waals surface area contributed by atoms with E-state index in [0.717, 1.165) is 4.88 Å². The number of carbonyl (C=O) groups is 1. The Kier molecular flexibility index (Phi) is 4.51. The molecule has 1 amide bonds. The second-order valence-corrected chi connectivity index (χ2v) is 5.48. The number of nitrogens with two attached hydrogens (primary N) is 1. The molecule has 0 radical (unpaired) electrons. The molecular weight excluding hydrogens is 238 g/mol. The molecule has 0 aliphatic carbocycles. The van der Waals surface area contributed by atoms with Crippen LogP contribution in [0.15, 0.2) is 12.3 Å². The summed E-state index contributed by atoms with van der Waals surface area (Å²) in [5.74, 6) is 0. The number of alkyl carbamates (subject to hydrolysis) is 1. The molecule has 0 unspecified atom stereocenters. The Labute approximate surface area is 105 Å². The van der Waals surface area contributed by atoms with Crippen molar-refractivity contribution in [1.82, 2.24) is 10.3 Å². The molecule has 3 N–H and O–H groups in total. The van der Waals surface area contributed by atoms with Crippen LogP contribution in [0.1, 0.15) is 25.6 Å². The zero-order chi connectivity index (χ0) is 12.9. The Morgan fingerprint density at radius 2 is 2.35 bits per heavy atom. The minimum Gasteiger partial charge on any atom is -0.444 e. The summed E-state index contributed by atoms with van der Waals surface area (Å²) in [6.45, 7) is 5.88. The number of amides is 1. The van der Waals surface area contributed by atoms with Gasteiger partial charge in [0.25, 0.3) is 0 Å². The fourth-order valence-corrected chi connectivity index (χ4v) is 1.63. The summed E-state index contributed by atoms with van der Waals surface area (Å²) >= 11 is 1.39. The van der Waals surface area contributed by atoms with E-state index in [-0.39, 0.29) is 0 Å². The molecule has 0 bridgehead atoms. The topological polar surface area (TPSA) is 77.2 Å². The molecule has 0 saturated heterocycles. The largest absolute Gasteiger partial charge is 0.444 e. The van der Waals surface area contributed by atoms with Gasteiger partial charge in [0.2, 0.25) is 0 Å². The Morgan fingerprint density at radius 1 is 1.65 bits per heavy atom. The third-order valence-corrected chi connectivity index (χ3v) is 2.38. The van der Waals surface area contributed by atoms with Gasteiger partial charge in [-0.3, -0.25) is 0 Å². The maximum atomic E-state index is 11.3. The summed E-state index contributed by atoms with van der Waals surface area (Å²) in [5, 5.41) is 3.15. The van der Waals surface area contributed by atoms with E-state index in [9.17, 15) is 4.79 Å². The molecule has 0 aromatic carbocycles. The van der Waals surface area contributed by atoms with E-state index >= 15 is 0 Å². The maximum Gasteiger partial charge on any atom is 0.407 e. The number of aromatic nitrogens is 1. The zero-order valence-electron chi connectivity index (χ0n) is 10.2. The lowest BCUT2D eigenvalue weighted by Gasteiger charge is -2.19. The average Bonchev–Trinajstić information content (AvgIpc) is 2.56. The number of rotatable bonds is 3. The van der Waals surface area contributed by atoms with E-state index in [0.29, 0.717) is 11.7 Å². The lowest BCUT2D eigenvalue weighted by atomic mass is 10.2. The minimum atomic E-state index is -0.472. The fraction of sp³-hybridized carbons (Fsp3) is 0.455. The summed E-state index contributed by atoms with van der Waals surface area (Å²) in [7, 11) is 0. The predicted molar refractivity (Wildman–Crippen MR) is 69.8 cm³/mol. The first-order valence-electron chi connectivity index (χ1n) is 5.21. The summed E-state index contributed by atoms with van der Waals surface area (Å²) in [6, 6.07) is 0. The molecular formula is C11H17N3O2S. The molecule has 0 fully saturated rings. The monoisotopic (exact) mass is 255 g/mol. The van der Waals surface area contributed by atoms with E-state index in [1.165, 1.54) is 11.3 Å². The van der Waals surface area contributed by atoms with Gasteiger partial charge in [-0.05, 0) is 26.8 Å². The molecule has 0 saturated carbocycles. The SMILES string of the molecule is CC(C)(C)OC(=O)NCC=Cc1cnc(N)s1. The predicted octanol–water partition coefficient (Wildman–Crippen LogP) is 2.26. The van der Waals surface area contributed by atoms with Crippen LogP contribution in [-0.2, 0) is 4.74 Å². The van der Waals surface area contributed by atoms with Gasteiger partial charge in [0.05, 0.1) is 0 Å². The zero-order valence-corrected chi connectivity index (χ0v) is 11.0. The molecule has 5 nitrogen and oxygen atoms in total. The van der Waals surface area contributed by atoms with E-state index < -0.39 is 11.7 Å². The fourth-order valence-electron chi connectivity index (χ4n) is 1.01. The number of hydrogen-bond acceptors (Lipinski definition) is 5. The number of carbonyl (C=O) groups excluding carboxylic acids is 1. The van der Waals surface area contributed by atoms with Crippen LogP contribution in [0, 0.1) is 0 Å². The van der Waals surface area contributed by atoms with Gasteiger partial charge in [0.1, 0.15) is 5.60 Å². The van der Waals surface area contributed by atoms with Crippen LogP contribution in [0.5, 0.6) is 0 Å². The second kappa shape index (κ2) is 5.67. The molecule has 0 atom stereocenters. The number of nitrogens with one attached hydrogen (secondary N) is 1. The van der Waals surface area contributed by atoms with Crippen molar-refractivity contribution in [3.8, 4) is 0 Å². The van der Waals surface area contributed by atoms with Gasteiger partial charge in [-0.2, -0.15) is 0 Å². The van der Waals surface area contributed by atoms with Crippen LogP contribution < -0.4 is 11.1 Å². The van der Waals surface area contributed by atoms with E-state index in [2.05, 4.69) is 10.3 Å². The molecule has 0 aliphatic heterocycles. The Morgan fingerprint density at radius 3 is 2.88 bits per heavy atom. The van der Waals surface area contributed by atoms with E-state index in [1.807, 2.05) is 32.9 Å². The summed E-state index contributed by atoms with van der Waals surface area (Å²) in [5.41, 5.74) is 5.01. The first kappa shape index (κ1) is 13.5. The number of nitrogens with zero attached hydrogens (tertiary/aromatic N) is 1. The van der Waals surface area contributed by atoms with Gasteiger partial charge >= 0.3 is 6.09 Å². The Balaban J connectivity index is 2.28. The van der Waals surface area contributed by atoms with Crippen LogP contribution in [0.25, 0.3) is 6.08 Å². The standard InChI is InChI=1S/C11H17N3O2S/c1-11(2,3)16-10(15)13-6-4-5-8-7-14-9(12)17-8/h4-5,7H,6H2,1-3H3,(H2,12,14)(H,13,15). The summed E-state index contributed by atoms with van der Waals surface area (Å²) in [6.07, 6.45) is 4.93. The van der Waals surface area contributed by atoms with Crippen molar-refractivity contribution in [2.24, 2.45) is 0 Å². The van der Waals surface area contributed by atoms with Crippen LogP contribution >= 0.6 is 11.3 Å². The van der Waals surface area contributed by atoms with Crippen LogP contribution in [0.3, 0.4) is 0 Å². The lowest BCUT2D eigenvalue weighted by molar-refractivity contribution is 0.0534. The summed E-state index contributed by atoms with van der Waals surface area (Å²) in [4.78, 5) is 16.1. The van der Waals surface area contributed by atoms with Crippen molar-refractivity contribution < 1.29 is 9.53 Å². The maximum absolute atomic E-state index is 11.3. The number of anilines is 1. The van der Waals surface area contributed by atoms with Gasteiger partial charge in [0, 0.05) is 17.6 Å². The van der Waals surface area contributed by atoms with Crippen LogP contribution in [-0.4, -0.2) is 23.2 Å². The smallest absolute Gasteiger partial charge is 0.407 e. The molecule has 1 aromatic heterocycles. The number of thiazole rings is 1. The molecule has 1 rings (SSSR count). The van der Waals surface area contributed by atoms with E-state index in [4.69, 9.17) is 10.5 Å². The Bertz CT molecular complexity index is 407. The first-order valence-corrected chi connectivity index (χ1v) is 6.03. The van der Waals surface area contributed by atoms with Crippen molar-refractivity contribution in [1.29, 1.82) is 0 Å². The summed E-state index contributed by atoms with van der Waals surface area (Å²) < 4.78 is 5.08. The average molecular weight is 255 g/mol. The first-order chi connectivity index (χ1) is 7.87. The number of hydrogen-bond donors (Lipinski definition) is 2. The molecule has 0 spiro atoms. The molecule has 17 heavy (non-hydrogen) atoms. The quantitative estimate of drug-likeness (QED) is 0.868. The lowest BCUT2D eigenvalue weighted by Crippen LogP contribution is -2.32. The highest BCUT2D eigenvalue weighted by molar-refractivity contribution is 7.16. The number of nitrogen functional groups attached to an aromatic ring is 1. The highest BCUT2D eigenvalue weighted by Gasteiger charge is 2.14. The highest BCUT2D eigenvalue weighted by Crippen LogP contribution is 2.15. The molecule has 1 aromatic rings. The van der Waals surface area contributed by atoms with Crippen molar-refractivity contribution in [2.45, 2.75) is 26.4 Å². The van der Waals surface area contributed by atoms with Gasteiger partial charge in [0.15, 0.2) is 5.13 Å². The van der Waals surface area contributed by atoms with Crippen LogP contribution in [0.2, 0.25) is 0 Å². The molecule has 0 aliphatic rings. The highest BCUT2D eigenvalue weighted by atomic mass is 32.1. The van der Waals surface area contributed by atoms with E-state index in [1.54, 1.807) is 6.20 Å².